The molecule has 8 nitrogen and oxygen atoms in total. The Bertz CT molecular complexity index is 1450. The molecule has 2 saturated heterocycles. The molecule has 4 N–H and O–H groups in total. The minimum absolute atomic E-state index is 0.0678. The summed E-state index contributed by atoms with van der Waals surface area (Å²) < 4.78 is 26.1. The third-order valence-corrected chi connectivity index (χ3v) is 7.50. The van der Waals surface area contributed by atoms with Gasteiger partial charge in [-0.05, 0) is 75.9 Å². The maximum Gasteiger partial charge on any atom is 0.167 e. The molecule has 2 atom stereocenters. The fraction of sp³-hybridized carbons (Fsp3) is 0.290. The predicted molar refractivity (Wildman–Crippen MR) is 168 cm³/mol. The number of rotatable bonds is 6. The summed E-state index contributed by atoms with van der Waals surface area (Å²) in [5.74, 6) is 0.513. The zero-order valence-electron chi connectivity index (χ0n) is 23.2. The van der Waals surface area contributed by atoms with E-state index in [1.165, 1.54) is 23.4 Å². The van der Waals surface area contributed by atoms with Crippen LogP contribution < -0.4 is 21.3 Å². The second kappa shape index (κ2) is 14.9. The molecule has 6 rings (SSSR count). The Labute approximate surface area is 258 Å². The Balaban J connectivity index is 0.000000168. The molecule has 220 valence electrons. The molecule has 0 bridgehead atoms. The molecule has 2 aliphatic heterocycles. The number of nitrogens with zero attached hydrogens (tertiary/aromatic N) is 2. The number of aryl methyl sites for hydroxylation is 1. The summed E-state index contributed by atoms with van der Waals surface area (Å²) in [6, 6.07) is 19.2. The van der Waals surface area contributed by atoms with E-state index in [2.05, 4.69) is 72.3 Å². The first-order chi connectivity index (χ1) is 20.4. The molecule has 1 unspecified atom stereocenters. The lowest BCUT2D eigenvalue weighted by atomic mass is 10.0. The highest BCUT2D eigenvalue weighted by Crippen LogP contribution is 2.27. The van der Waals surface area contributed by atoms with Gasteiger partial charge in [0.15, 0.2) is 11.6 Å². The average molecular weight is 656 g/mol. The van der Waals surface area contributed by atoms with E-state index >= 15 is 0 Å². The summed E-state index contributed by atoms with van der Waals surface area (Å²) in [5, 5.41) is 13.2. The number of pyridine rings is 2. The van der Waals surface area contributed by atoms with Gasteiger partial charge >= 0.3 is 0 Å². The molecular weight excluding hydrogens is 623 g/mol. The van der Waals surface area contributed by atoms with Crippen molar-refractivity contribution in [3.05, 3.63) is 105 Å². The lowest BCUT2D eigenvalue weighted by Gasteiger charge is -2.24. The van der Waals surface area contributed by atoms with Crippen molar-refractivity contribution in [2.24, 2.45) is 0 Å². The van der Waals surface area contributed by atoms with Crippen molar-refractivity contribution < 1.29 is 13.9 Å². The molecule has 4 aromatic rings. The van der Waals surface area contributed by atoms with Gasteiger partial charge < -0.3 is 30.7 Å². The molecule has 2 aliphatic rings. The van der Waals surface area contributed by atoms with Gasteiger partial charge in [0.1, 0.15) is 5.82 Å². The predicted octanol–water partition coefficient (Wildman–Crippen LogP) is 6.84. The van der Waals surface area contributed by atoms with Crippen LogP contribution in [0.15, 0.2) is 77.5 Å². The maximum atomic E-state index is 13.7. The van der Waals surface area contributed by atoms with Crippen molar-refractivity contribution in [3.63, 3.8) is 0 Å². The fourth-order valence-corrected chi connectivity index (χ4v) is 4.98. The second-order valence-corrected chi connectivity index (χ2v) is 11.3. The molecule has 42 heavy (non-hydrogen) atoms. The van der Waals surface area contributed by atoms with Crippen LogP contribution >= 0.6 is 27.5 Å². The smallest absolute Gasteiger partial charge is 0.167 e. The highest BCUT2D eigenvalue weighted by molar-refractivity contribution is 9.10. The number of ether oxygens (including phenoxy) is 2. The topological polar surface area (TPSA) is 92.4 Å². The summed E-state index contributed by atoms with van der Waals surface area (Å²) in [6.07, 6.45) is 3.41. The van der Waals surface area contributed by atoms with Crippen molar-refractivity contribution in [2.45, 2.75) is 19.1 Å². The zero-order valence-corrected chi connectivity index (χ0v) is 25.5. The van der Waals surface area contributed by atoms with Crippen LogP contribution in [0.2, 0.25) is 5.02 Å². The second-order valence-electron chi connectivity index (χ2n) is 9.92. The third kappa shape index (κ3) is 8.47. The van der Waals surface area contributed by atoms with Crippen molar-refractivity contribution in [2.75, 3.05) is 50.0 Å². The Hall–Kier alpha value is -3.12. The largest absolute Gasteiger partial charge is 0.371 e. The van der Waals surface area contributed by atoms with Crippen LogP contribution in [-0.2, 0) is 9.47 Å². The number of benzene rings is 2. The fourth-order valence-electron chi connectivity index (χ4n) is 4.60. The van der Waals surface area contributed by atoms with Gasteiger partial charge in [0.25, 0.3) is 0 Å². The minimum Gasteiger partial charge on any atom is -0.371 e. The average Bonchev–Trinajstić information content (AvgIpc) is 3.02. The number of anilines is 4. The summed E-state index contributed by atoms with van der Waals surface area (Å²) in [7, 11) is 0. The lowest BCUT2D eigenvalue weighted by molar-refractivity contribution is 0.0276. The van der Waals surface area contributed by atoms with Crippen molar-refractivity contribution in [1.29, 1.82) is 0 Å². The van der Waals surface area contributed by atoms with Gasteiger partial charge in [0.2, 0.25) is 0 Å². The number of hydrogen-bond donors (Lipinski definition) is 4. The van der Waals surface area contributed by atoms with Crippen LogP contribution in [0.5, 0.6) is 0 Å². The van der Waals surface area contributed by atoms with Gasteiger partial charge in [-0.3, -0.25) is 0 Å². The summed E-state index contributed by atoms with van der Waals surface area (Å²) in [4.78, 5) is 8.27. The molecule has 0 radical (unpaired) electrons. The van der Waals surface area contributed by atoms with E-state index in [0.717, 1.165) is 60.0 Å². The Morgan fingerprint density at radius 1 is 0.857 bits per heavy atom. The van der Waals surface area contributed by atoms with Gasteiger partial charge in [-0.2, -0.15) is 0 Å². The van der Waals surface area contributed by atoms with Gasteiger partial charge in [-0.25, -0.2) is 14.4 Å². The quantitative estimate of drug-likeness (QED) is 0.180. The molecule has 11 heteroatoms. The van der Waals surface area contributed by atoms with Crippen LogP contribution in [0.25, 0.3) is 0 Å². The Morgan fingerprint density at radius 2 is 1.55 bits per heavy atom. The monoisotopic (exact) mass is 654 g/mol. The minimum atomic E-state index is -0.480. The number of halogens is 3. The molecule has 0 amide bonds. The van der Waals surface area contributed by atoms with E-state index in [1.54, 1.807) is 6.20 Å². The highest BCUT2D eigenvalue weighted by Gasteiger charge is 2.17. The summed E-state index contributed by atoms with van der Waals surface area (Å²) >= 11 is 9.07. The SMILES string of the molecule is Cc1cc(C2CNCCO2)ccc1Nc1ccc(Br)cn1.Fc1cc(Cl)cnc1Nc1ccc([C@H]2CNCCO2)cc1. The zero-order chi connectivity index (χ0) is 29.3. The Kier molecular flexibility index (Phi) is 10.7. The van der Waals surface area contributed by atoms with Crippen molar-refractivity contribution in [3.8, 4) is 0 Å². The molecule has 2 fully saturated rings. The van der Waals surface area contributed by atoms with Crippen LogP contribution in [0, 0.1) is 12.7 Å². The first-order valence-corrected chi connectivity index (χ1v) is 14.9. The molecule has 0 aliphatic carbocycles. The van der Waals surface area contributed by atoms with Crippen LogP contribution in [0.3, 0.4) is 0 Å². The van der Waals surface area contributed by atoms with Crippen LogP contribution in [0.1, 0.15) is 28.9 Å². The molecule has 0 spiro atoms. The number of nitrogens with one attached hydrogen (secondary N) is 4. The highest BCUT2D eigenvalue weighted by atomic mass is 79.9. The van der Waals surface area contributed by atoms with Crippen molar-refractivity contribution >= 4 is 50.5 Å². The van der Waals surface area contributed by atoms with E-state index in [0.29, 0.717) is 6.61 Å². The number of morpholine rings is 2. The number of aromatic nitrogens is 2. The first kappa shape index (κ1) is 30.3. The van der Waals surface area contributed by atoms with Crippen molar-refractivity contribution in [1.82, 2.24) is 20.6 Å². The number of hydrogen-bond acceptors (Lipinski definition) is 8. The molecule has 2 aromatic carbocycles. The van der Waals surface area contributed by atoms with Gasteiger partial charge in [-0.1, -0.05) is 35.9 Å². The van der Waals surface area contributed by atoms with Gasteiger partial charge in [0, 0.05) is 54.4 Å². The molecule has 2 aromatic heterocycles. The van der Waals surface area contributed by atoms with E-state index in [9.17, 15) is 4.39 Å². The van der Waals surface area contributed by atoms with Crippen LogP contribution in [-0.4, -0.2) is 49.4 Å². The van der Waals surface area contributed by atoms with E-state index < -0.39 is 5.82 Å². The van der Waals surface area contributed by atoms with E-state index in [4.69, 9.17) is 21.1 Å². The summed E-state index contributed by atoms with van der Waals surface area (Å²) in [6.45, 7) is 7.08. The molecule has 0 saturated carbocycles. The lowest BCUT2D eigenvalue weighted by Crippen LogP contribution is -2.33. The standard InChI is InChI=1S/C16H18BrN3O.C15H15ClFN3O/c1-11-8-12(15-10-18-6-7-21-15)2-4-14(11)20-16-5-3-13(17)9-19-16;16-11-7-13(17)15(19-8-11)20-12-3-1-10(2-4-12)14-9-18-5-6-21-14/h2-5,8-9,15,18H,6-7,10H2,1H3,(H,19,20);1-4,7-8,14,18H,5-6,9H2,(H,19,20)/t;14-/m.1/s1. The normalized spacial score (nSPS) is 18.5. The van der Waals surface area contributed by atoms with E-state index in [1.807, 2.05) is 36.4 Å². The van der Waals surface area contributed by atoms with Gasteiger partial charge in [-0.15, -0.1) is 0 Å². The van der Waals surface area contributed by atoms with E-state index in [-0.39, 0.29) is 23.0 Å². The third-order valence-electron chi connectivity index (χ3n) is 6.82. The summed E-state index contributed by atoms with van der Waals surface area (Å²) in [5.41, 5.74) is 5.33. The molecular formula is C31H33BrClFN6O2. The first-order valence-electron chi connectivity index (χ1n) is 13.8. The Morgan fingerprint density at radius 3 is 2.14 bits per heavy atom. The maximum absolute atomic E-state index is 13.7. The van der Waals surface area contributed by atoms with Crippen LogP contribution in [0.4, 0.5) is 27.4 Å². The van der Waals surface area contributed by atoms with Gasteiger partial charge in [0.05, 0.1) is 30.4 Å². The molecule has 4 heterocycles.